The maximum Gasteiger partial charge on any atom is 0.228 e. The topological polar surface area (TPSA) is 87.4 Å². The molecule has 2 aromatic rings. The van der Waals surface area contributed by atoms with Crippen LogP contribution in [0.15, 0.2) is 18.3 Å². The summed E-state index contributed by atoms with van der Waals surface area (Å²) in [5, 5.41) is 9.54. The third-order valence-corrected chi connectivity index (χ3v) is 4.72. The number of hydrogen-bond acceptors (Lipinski definition) is 8. The molecule has 0 N–H and O–H groups in total. The van der Waals surface area contributed by atoms with Gasteiger partial charge in [0.05, 0.1) is 31.6 Å². The molecule has 0 atom stereocenters. The van der Waals surface area contributed by atoms with E-state index in [1.807, 2.05) is 6.07 Å². The second kappa shape index (κ2) is 7.14. The Kier molecular flexibility index (Phi) is 4.54. The normalized spacial score (nSPS) is 16.8. The summed E-state index contributed by atoms with van der Waals surface area (Å²) in [6, 6.07) is 5.95. The maximum absolute atomic E-state index is 9.54. The lowest BCUT2D eigenvalue weighted by Crippen LogP contribution is -2.47. The van der Waals surface area contributed by atoms with Crippen molar-refractivity contribution in [1.82, 2.24) is 15.0 Å². The summed E-state index contributed by atoms with van der Waals surface area (Å²) in [5.41, 5.74) is 2.68. The highest BCUT2D eigenvalue weighted by Gasteiger charge is 2.24. The van der Waals surface area contributed by atoms with Gasteiger partial charge < -0.3 is 19.3 Å². The Bertz CT molecular complexity index is 842. The lowest BCUT2D eigenvalue weighted by Gasteiger charge is -2.36. The largest absolute Gasteiger partial charge is 0.481 e. The van der Waals surface area contributed by atoms with Crippen LogP contribution in [0.1, 0.15) is 16.8 Å². The fourth-order valence-corrected chi connectivity index (χ4v) is 3.31. The van der Waals surface area contributed by atoms with Crippen LogP contribution in [-0.2, 0) is 17.8 Å². The molecule has 26 heavy (non-hydrogen) atoms. The van der Waals surface area contributed by atoms with Crippen molar-refractivity contribution in [1.29, 1.82) is 5.26 Å². The molecule has 0 amide bonds. The molecule has 0 saturated carbocycles. The van der Waals surface area contributed by atoms with Crippen LogP contribution in [-0.4, -0.2) is 54.8 Å². The zero-order valence-corrected chi connectivity index (χ0v) is 14.7. The van der Waals surface area contributed by atoms with E-state index in [-0.39, 0.29) is 0 Å². The number of methoxy groups -OCH3 is 1. The maximum atomic E-state index is 9.54. The molecule has 1 saturated heterocycles. The zero-order valence-electron chi connectivity index (χ0n) is 14.7. The van der Waals surface area contributed by atoms with Gasteiger partial charge in [-0.25, -0.2) is 9.97 Å². The van der Waals surface area contributed by atoms with Gasteiger partial charge in [0.2, 0.25) is 11.8 Å². The van der Waals surface area contributed by atoms with Gasteiger partial charge in [-0.2, -0.15) is 10.2 Å². The first kappa shape index (κ1) is 16.5. The van der Waals surface area contributed by atoms with E-state index in [0.29, 0.717) is 30.6 Å². The first-order chi connectivity index (χ1) is 12.8. The zero-order chi connectivity index (χ0) is 17.9. The Morgan fingerprint density at radius 3 is 2.77 bits per heavy atom. The molecule has 0 aromatic carbocycles. The molecule has 2 aliphatic rings. The lowest BCUT2D eigenvalue weighted by molar-refractivity contribution is 0.109. The first-order valence-corrected chi connectivity index (χ1v) is 8.66. The molecule has 0 spiro atoms. The number of pyridine rings is 1. The highest BCUT2D eigenvalue weighted by atomic mass is 16.5. The van der Waals surface area contributed by atoms with E-state index in [1.54, 1.807) is 19.4 Å². The second-order valence-electron chi connectivity index (χ2n) is 6.25. The van der Waals surface area contributed by atoms with Gasteiger partial charge in [0.1, 0.15) is 11.9 Å². The Morgan fingerprint density at radius 2 is 2.00 bits per heavy atom. The van der Waals surface area contributed by atoms with Crippen LogP contribution >= 0.6 is 0 Å². The quantitative estimate of drug-likeness (QED) is 0.813. The summed E-state index contributed by atoms with van der Waals surface area (Å²) in [5.74, 6) is 2.00. The number of aromatic nitrogens is 3. The minimum absolute atomic E-state index is 0.540. The Labute approximate surface area is 152 Å². The van der Waals surface area contributed by atoms with Gasteiger partial charge >= 0.3 is 0 Å². The van der Waals surface area contributed by atoms with Crippen LogP contribution in [0.4, 0.5) is 11.8 Å². The molecule has 1 fully saturated rings. The van der Waals surface area contributed by atoms with E-state index in [0.717, 1.165) is 49.7 Å². The van der Waals surface area contributed by atoms with Crippen molar-refractivity contribution in [3.05, 3.63) is 35.2 Å². The van der Waals surface area contributed by atoms with Gasteiger partial charge in [0.25, 0.3) is 0 Å². The van der Waals surface area contributed by atoms with Crippen molar-refractivity contribution in [3.63, 3.8) is 0 Å². The number of ether oxygens (including phenoxy) is 2. The van der Waals surface area contributed by atoms with E-state index < -0.39 is 0 Å². The van der Waals surface area contributed by atoms with E-state index >= 15 is 0 Å². The Morgan fingerprint density at radius 1 is 1.19 bits per heavy atom. The minimum atomic E-state index is 0.540. The molecule has 2 aliphatic heterocycles. The van der Waals surface area contributed by atoms with Crippen molar-refractivity contribution >= 4 is 11.8 Å². The Hall–Kier alpha value is -2.92. The molecule has 2 aromatic heterocycles. The highest BCUT2D eigenvalue weighted by molar-refractivity contribution is 5.57. The van der Waals surface area contributed by atoms with Crippen molar-refractivity contribution in [2.75, 3.05) is 49.7 Å². The molecular formula is C18H20N6O2. The van der Waals surface area contributed by atoms with E-state index in [2.05, 4.69) is 25.8 Å². The molecule has 134 valence electrons. The third-order valence-electron chi connectivity index (χ3n) is 4.72. The molecule has 4 rings (SSSR count). The highest BCUT2D eigenvalue weighted by Crippen LogP contribution is 2.26. The van der Waals surface area contributed by atoms with Gasteiger partial charge in [0.15, 0.2) is 0 Å². The standard InChI is InChI=1S/C18H20N6O2/c1-25-16-2-4-20-18(22-16)24-7-5-23(6-8-24)17-13(11-19)10-14-12-26-9-3-15(14)21-17/h2,4,10H,3,5-9,12H2,1H3. The monoisotopic (exact) mass is 352 g/mol. The molecule has 8 nitrogen and oxygen atoms in total. The van der Waals surface area contributed by atoms with E-state index in [1.165, 1.54) is 0 Å². The van der Waals surface area contributed by atoms with Crippen molar-refractivity contribution in [2.45, 2.75) is 13.0 Å². The third kappa shape index (κ3) is 3.13. The summed E-state index contributed by atoms with van der Waals surface area (Å²) < 4.78 is 10.6. The molecule has 8 heteroatoms. The van der Waals surface area contributed by atoms with Crippen LogP contribution in [0.3, 0.4) is 0 Å². The number of nitrogens with zero attached hydrogens (tertiary/aromatic N) is 6. The molecular weight excluding hydrogens is 332 g/mol. The summed E-state index contributed by atoms with van der Waals surface area (Å²) in [4.78, 5) is 17.8. The molecule has 0 radical (unpaired) electrons. The predicted octanol–water partition coefficient (Wildman–Crippen LogP) is 1.15. The van der Waals surface area contributed by atoms with Gasteiger partial charge in [-0.05, 0) is 6.07 Å². The van der Waals surface area contributed by atoms with Gasteiger partial charge in [-0.15, -0.1) is 0 Å². The summed E-state index contributed by atoms with van der Waals surface area (Å²) in [7, 11) is 1.60. The molecule has 4 heterocycles. The fourth-order valence-electron chi connectivity index (χ4n) is 3.31. The van der Waals surface area contributed by atoms with Crippen molar-refractivity contribution < 1.29 is 9.47 Å². The van der Waals surface area contributed by atoms with Crippen LogP contribution in [0, 0.1) is 11.3 Å². The fraction of sp³-hybridized carbons (Fsp3) is 0.444. The minimum Gasteiger partial charge on any atom is -0.481 e. The average Bonchev–Trinajstić information content (AvgIpc) is 2.73. The Balaban J connectivity index is 1.52. The van der Waals surface area contributed by atoms with Crippen molar-refractivity contribution in [3.8, 4) is 11.9 Å². The van der Waals surface area contributed by atoms with Crippen LogP contribution < -0.4 is 14.5 Å². The SMILES string of the molecule is COc1ccnc(N2CCN(c3nc4c(cc3C#N)COCC4)CC2)n1. The number of nitriles is 1. The van der Waals surface area contributed by atoms with Gasteiger partial charge in [-0.3, -0.25) is 0 Å². The van der Waals surface area contributed by atoms with Gasteiger partial charge in [0, 0.05) is 50.4 Å². The van der Waals surface area contributed by atoms with Crippen LogP contribution in [0.2, 0.25) is 0 Å². The second-order valence-corrected chi connectivity index (χ2v) is 6.25. The summed E-state index contributed by atoms with van der Waals surface area (Å²) >= 11 is 0. The number of anilines is 2. The molecule has 0 aliphatic carbocycles. The molecule has 0 unspecified atom stereocenters. The number of rotatable bonds is 3. The lowest BCUT2D eigenvalue weighted by atomic mass is 10.1. The average molecular weight is 352 g/mol. The number of hydrogen-bond donors (Lipinski definition) is 0. The first-order valence-electron chi connectivity index (χ1n) is 8.66. The predicted molar refractivity (Wildman–Crippen MR) is 95.3 cm³/mol. The van der Waals surface area contributed by atoms with Crippen LogP contribution in [0.5, 0.6) is 5.88 Å². The molecule has 0 bridgehead atoms. The summed E-state index contributed by atoms with van der Waals surface area (Å²) in [6.07, 6.45) is 2.50. The smallest absolute Gasteiger partial charge is 0.228 e. The number of piperazine rings is 1. The van der Waals surface area contributed by atoms with E-state index in [9.17, 15) is 5.26 Å². The summed E-state index contributed by atoms with van der Waals surface area (Å²) in [6.45, 7) is 4.28. The van der Waals surface area contributed by atoms with E-state index in [4.69, 9.17) is 14.5 Å². The number of fused-ring (bicyclic) bond motifs is 1. The van der Waals surface area contributed by atoms with Crippen LogP contribution in [0.25, 0.3) is 0 Å². The van der Waals surface area contributed by atoms with Crippen molar-refractivity contribution in [2.24, 2.45) is 0 Å². The van der Waals surface area contributed by atoms with Gasteiger partial charge in [-0.1, -0.05) is 0 Å².